The zero-order valence-corrected chi connectivity index (χ0v) is 13.1. The minimum atomic E-state index is -0.381. The van der Waals surface area contributed by atoms with Crippen LogP contribution in [0, 0.1) is 19.8 Å². The lowest BCUT2D eigenvalue weighted by Gasteiger charge is -2.44. The standard InChI is InChI=1S/C18H26O3/c1-13-3-4-14(2)16(11-13)17(19)15-5-8-21-18(12-15)6-9-20-10-7-18/h3-4,11,15,17,19H,5-10,12H2,1-2H3. The van der Waals surface area contributed by atoms with Crippen molar-refractivity contribution in [1.29, 1.82) is 0 Å². The van der Waals surface area contributed by atoms with Crippen LogP contribution in [-0.4, -0.2) is 30.5 Å². The molecular formula is C18H26O3. The Bertz CT molecular complexity index is 486. The van der Waals surface area contributed by atoms with Crippen LogP contribution in [0.3, 0.4) is 0 Å². The van der Waals surface area contributed by atoms with Crippen LogP contribution in [0.5, 0.6) is 0 Å². The van der Waals surface area contributed by atoms with Crippen LogP contribution in [0.25, 0.3) is 0 Å². The third kappa shape index (κ3) is 3.15. The van der Waals surface area contributed by atoms with Gasteiger partial charge in [0.2, 0.25) is 0 Å². The van der Waals surface area contributed by atoms with Crippen LogP contribution in [0.2, 0.25) is 0 Å². The summed E-state index contributed by atoms with van der Waals surface area (Å²) in [6.07, 6.45) is 3.43. The molecule has 0 saturated carbocycles. The highest BCUT2D eigenvalue weighted by atomic mass is 16.5. The van der Waals surface area contributed by atoms with Crippen molar-refractivity contribution in [3.8, 4) is 0 Å². The molecule has 0 amide bonds. The van der Waals surface area contributed by atoms with Crippen molar-refractivity contribution < 1.29 is 14.6 Å². The third-order valence-electron chi connectivity index (χ3n) is 5.14. The normalized spacial score (nSPS) is 26.7. The summed E-state index contributed by atoms with van der Waals surface area (Å²) in [4.78, 5) is 0. The molecule has 2 atom stereocenters. The molecule has 2 unspecified atom stereocenters. The smallest absolute Gasteiger partial charge is 0.0822 e. The molecule has 3 heteroatoms. The second kappa shape index (κ2) is 6.07. The predicted molar refractivity (Wildman–Crippen MR) is 82.3 cm³/mol. The van der Waals surface area contributed by atoms with Crippen molar-refractivity contribution in [2.24, 2.45) is 5.92 Å². The number of aryl methyl sites for hydroxylation is 2. The maximum atomic E-state index is 10.9. The molecule has 116 valence electrons. The topological polar surface area (TPSA) is 38.7 Å². The molecule has 1 N–H and O–H groups in total. The van der Waals surface area contributed by atoms with E-state index in [4.69, 9.17) is 9.47 Å². The van der Waals surface area contributed by atoms with Gasteiger partial charge in [-0.1, -0.05) is 23.8 Å². The van der Waals surface area contributed by atoms with Crippen LogP contribution >= 0.6 is 0 Å². The predicted octanol–water partition coefficient (Wildman–Crippen LogP) is 3.31. The summed E-state index contributed by atoms with van der Waals surface area (Å²) in [6.45, 7) is 6.49. The molecule has 2 aliphatic rings. The highest BCUT2D eigenvalue weighted by Gasteiger charge is 2.41. The fourth-order valence-corrected chi connectivity index (χ4v) is 3.76. The van der Waals surface area contributed by atoms with Gasteiger partial charge in [0.1, 0.15) is 0 Å². The number of benzene rings is 1. The van der Waals surface area contributed by atoms with Gasteiger partial charge >= 0.3 is 0 Å². The Hall–Kier alpha value is -0.900. The average molecular weight is 290 g/mol. The SMILES string of the molecule is Cc1ccc(C)c(C(O)C2CCOC3(CCOCC3)C2)c1. The summed E-state index contributed by atoms with van der Waals surface area (Å²) < 4.78 is 11.6. The Balaban J connectivity index is 1.77. The maximum absolute atomic E-state index is 10.9. The molecule has 2 fully saturated rings. The summed E-state index contributed by atoms with van der Waals surface area (Å²) in [5, 5.41) is 10.9. The van der Waals surface area contributed by atoms with Crippen molar-refractivity contribution >= 4 is 0 Å². The van der Waals surface area contributed by atoms with Crippen LogP contribution in [0.4, 0.5) is 0 Å². The summed E-state index contributed by atoms with van der Waals surface area (Å²) in [7, 11) is 0. The van der Waals surface area contributed by atoms with E-state index in [0.29, 0.717) is 0 Å². The molecule has 1 spiro atoms. The molecule has 2 heterocycles. The van der Waals surface area contributed by atoms with Crippen molar-refractivity contribution in [1.82, 2.24) is 0 Å². The molecule has 3 nitrogen and oxygen atoms in total. The monoisotopic (exact) mass is 290 g/mol. The number of rotatable bonds is 2. The number of ether oxygens (including phenoxy) is 2. The second-order valence-electron chi connectivity index (χ2n) is 6.70. The zero-order valence-electron chi connectivity index (χ0n) is 13.1. The lowest BCUT2D eigenvalue weighted by Crippen LogP contribution is -2.45. The van der Waals surface area contributed by atoms with Crippen LogP contribution in [0.15, 0.2) is 18.2 Å². The van der Waals surface area contributed by atoms with Gasteiger partial charge in [0.05, 0.1) is 11.7 Å². The Morgan fingerprint density at radius 2 is 1.95 bits per heavy atom. The van der Waals surface area contributed by atoms with E-state index in [-0.39, 0.29) is 17.6 Å². The largest absolute Gasteiger partial charge is 0.388 e. The number of hydrogen-bond acceptors (Lipinski definition) is 3. The Kier molecular flexibility index (Phi) is 4.34. The van der Waals surface area contributed by atoms with Crippen molar-refractivity contribution in [3.63, 3.8) is 0 Å². The first-order valence-electron chi connectivity index (χ1n) is 8.07. The van der Waals surface area contributed by atoms with E-state index in [1.54, 1.807) is 0 Å². The van der Waals surface area contributed by atoms with E-state index in [0.717, 1.165) is 51.1 Å². The van der Waals surface area contributed by atoms with Gasteiger partial charge in [-0.05, 0) is 56.6 Å². The second-order valence-corrected chi connectivity index (χ2v) is 6.70. The summed E-state index contributed by atoms with van der Waals surface area (Å²) in [6, 6.07) is 6.35. The van der Waals surface area contributed by atoms with Gasteiger partial charge in [0.15, 0.2) is 0 Å². The van der Waals surface area contributed by atoms with E-state index in [2.05, 4.69) is 32.0 Å². The van der Waals surface area contributed by atoms with Crippen molar-refractivity contribution in [3.05, 3.63) is 34.9 Å². The lowest BCUT2D eigenvalue weighted by molar-refractivity contribution is -0.159. The van der Waals surface area contributed by atoms with Crippen LogP contribution < -0.4 is 0 Å². The molecule has 2 aliphatic heterocycles. The van der Waals surface area contributed by atoms with E-state index in [1.165, 1.54) is 11.1 Å². The minimum absolute atomic E-state index is 0.0557. The highest BCUT2D eigenvalue weighted by Crippen LogP contribution is 2.42. The van der Waals surface area contributed by atoms with Gasteiger partial charge in [0.25, 0.3) is 0 Å². The molecule has 0 aliphatic carbocycles. The molecule has 2 saturated heterocycles. The average Bonchev–Trinajstić information content (AvgIpc) is 2.50. The number of hydrogen-bond donors (Lipinski definition) is 1. The van der Waals surface area contributed by atoms with E-state index in [1.807, 2.05) is 0 Å². The van der Waals surface area contributed by atoms with Crippen molar-refractivity contribution in [2.45, 2.75) is 51.2 Å². The number of aliphatic hydroxyl groups is 1. The Morgan fingerprint density at radius 3 is 2.71 bits per heavy atom. The molecular weight excluding hydrogens is 264 g/mol. The molecule has 21 heavy (non-hydrogen) atoms. The van der Waals surface area contributed by atoms with Gasteiger partial charge in [0, 0.05) is 19.8 Å². The molecule has 3 rings (SSSR count). The highest BCUT2D eigenvalue weighted by molar-refractivity contribution is 5.32. The summed E-state index contributed by atoms with van der Waals surface area (Å²) in [5.74, 6) is 0.289. The molecule has 0 radical (unpaired) electrons. The lowest BCUT2D eigenvalue weighted by atomic mass is 9.76. The first-order chi connectivity index (χ1) is 10.1. The molecule has 1 aromatic carbocycles. The van der Waals surface area contributed by atoms with Gasteiger partial charge in [-0.3, -0.25) is 0 Å². The van der Waals surface area contributed by atoms with Crippen molar-refractivity contribution in [2.75, 3.05) is 19.8 Å². The quantitative estimate of drug-likeness (QED) is 0.908. The van der Waals surface area contributed by atoms with Crippen LogP contribution in [0.1, 0.15) is 48.5 Å². The van der Waals surface area contributed by atoms with Gasteiger partial charge in [-0.25, -0.2) is 0 Å². The first kappa shape index (κ1) is 15.0. The summed E-state index contributed by atoms with van der Waals surface area (Å²) >= 11 is 0. The third-order valence-corrected chi connectivity index (χ3v) is 5.14. The minimum Gasteiger partial charge on any atom is -0.388 e. The first-order valence-corrected chi connectivity index (χ1v) is 8.07. The van der Waals surface area contributed by atoms with Crippen LogP contribution in [-0.2, 0) is 9.47 Å². The Morgan fingerprint density at radius 1 is 1.19 bits per heavy atom. The zero-order chi connectivity index (χ0) is 14.9. The van der Waals surface area contributed by atoms with E-state index in [9.17, 15) is 5.11 Å². The van der Waals surface area contributed by atoms with E-state index >= 15 is 0 Å². The molecule has 0 aromatic heterocycles. The molecule has 1 aromatic rings. The molecule has 0 bridgehead atoms. The fraction of sp³-hybridized carbons (Fsp3) is 0.667. The fourth-order valence-electron chi connectivity index (χ4n) is 3.76. The maximum Gasteiger partial charge on any atom is 0.0822 e. The van der Waals surface area contributed by atoms with Gasteiger partial charge < -0.3 is 14.6 Å². The summed E-state index contributed by atoms with van der Waals surface area (Å²) in [5.41, 5.74) is 3.42. The van der Waals surface area contributed by atoms with Gasteiger partial charge in [-0.15, -0.1) is 0 Å². The number of aliphatic hydroxyl groups excluding tert-OH is 1. The Labute approximate surface area is 127 Å². The van der Waals surface area contributed by atoms with E-state index < -0.39 is 0 Å². The van der Waals surface area contributed by atoms with Gasteiger partial charge in [-0.2, -0.15) is 0 Å².